The lowest BCUT2D eigenvalue weighted by molar-refractivity contribution is -0.111. The number of fused-ring (bicyclic) bond motifs is 1. The number of nitrogens with zero attached hydrogens (tertiary/aromatic N) is 1. The molecular weight excluding hydrogens is 360 g/mol. The van der Waals surface area contributed by atoms with E-state index in [4.69, 9.17) is 0 Å². The SMILES string of the molecule is O=C(C=Cc1cccc(-c2cnc3[nH]ccc3c2)c1)Nc1ccc(F)cc1F. The van der Waals surface area contributed by atoms with Crippen molar-refractivity contribution in [1.29, 1.82) is 0 Å². The molecule has 2 heterocycles. The Morgan fingerprint density at radius 1 is 1.04 bits per heavy atom. The number of anilines is 1. The number of pyridine rings is 1. The third kappa shape index (κ3) is 3.81. The molecule has 0 unspecified atom stereocenters. The molecule has 138 valence electrons. The monoisotopic (exact) mass is 375 g/mol. The standard InChI is InChI=1S/C22H15F2N3O/c23-18-5-6-20(19(24)12-18)27-21(28)7-4-14-2-1-3-15(10-14)17-11-16-8-9-25-22(16)26-13-17/h1-13H,(H,25,26)(H,27,28). The fraction of sp³-hybridized carbons (Fsp3) is 0. The topological polar surface area (TPSA) is 57.8 Å². The van der Waals surface area contributed by atoms with Crippen LogP contribution in [0.5, 0.6) is 0 Å². The molecule has 0 fully saturated rings. The molecule has 6 heteroatoms. The van der Waals surface area contributed by atoms with Gasteiger partial charge < -0.3 is 10.3 Å². The molecule has 0 aliphatic heterocycles. The van der Waals surface area contributed by atoms with Crippen LogP contribution in [-0.4, -0.2) is 15.9 Å². The first-order valence-corrected chi connectivity index (χ1v) is 8.56. The third-order valence-corrected chi connectivity index (χ3v) is 4.24. The van der Waals surface area contributed by atoms with Crippen molar-refractivity contribution < 1.29 is 13.6 Å². The van der Waals surface area contributed by atoms with E-state index in [1.807, 2.05) is 42.6 Å². The molecule has 0 atom stereocenters. The molecule has 1 amide bonds. The summed E-state index contributed by atoms with van der Waals surface area (Å²) >= 11 is 0. The van der Waals surface area contributed by atoms with E-state index < -0.39 is 17.5 Å². The first-order valence-electron chi connectivity index (χ1n) is 8.56. The summed E-state index contributed by atoms with van der Waals surface area (Å²) in [6, 6.07) is 14.6. The van der Waals surface area contributed by atoms with Gasteiger partial charge in [0.05, 0.1) is 5.69 Å². The Hall–Kier alpha value is -3.80. The second-order valence-electron chi connectivity index (χ2n) is 6.21. The van der Waals surface area contributed by atoms with Gasteiger partial charge >= 0.3 is 0 Å². The van der Waals surface area contributed by atoms with Gasteiger partial charge in [0.1, 0.15) is 17.3 Å². The molecule has 2 aromatic heterocycles. The van der Waals surface area contributed by atoms with Crippen LogP contribution in [0.15, 0.2) is 73.1 Å². The predicted molar refractivity (Wildman–Crippen MR) is 106 cm³/mol. The summed E-state index contributed by atoms with van der Waals surface area (Å²) in [6.07, 6.45) is 6.55. The highest BCUT2D eigenvalue weighted by molar-refractivity contribution is 6.02. The number of aromatic amines is 1. The van der Waals surface area contributed by atoms with Gasteiger partial charge in [0, 0.05) is 35.5 Å². The molecule has 2 N–H and O–H groups in total. The van der Waals surface area contributed by atoms with Crippen molar-refractivity contribution in [1.82, 2.24) is 9.97 Å². The highest BCUT2D eigenvalue weighted by Crippen LogP contribution is 2.23. The lowest BCUT2D eigenvalue weighted by Crippen LogP contribution is -2.09. The highest BCUT2D eigenvalue weighted by Gasteiger charge is 2.06. The molecule has 0 aliphatic rings. The largest absolute Gasteiger partial charge is 0.346 e. The Morgan fingerprint density at radius 2 is 1.93 bits per heavy atom. The Balaban J connectivity index is 1.51. The maximum Gasteiger partial charge on any atom is 0.248 e. The number of amides is 1. The second kappa shape index (κ2) is 7.44. The van der Waals surface area contributed by atoms with E-state index in [2.05, 4.69) is 15.3 Å². The molecule has 0 saturated carbocycles. The van der Waals surface area contributed by atoms with E-state index in [-0.39, 0.29) is 5.69 Å². The molecule has 0 saturated heterocycles. The van der Waals surface area contributed by atoms with Crippen molar-refractivity contribution in [3.8, 4) is 11.1 Å². The van der Waals surface area contributed by atoms with Crippen LogP contribution in [0, 0.1) is 11.6 Å². The maximum atomic E-state index is 13.6. The lowest BCUT2D eigenvalue weighted by Gasteiger charge is -2.04. The van der Waals surface area contributed by atoms with E-state index in [0.717, 1.165) is 39.9 Å². The zero-order chi connectivity index (χ0) is 19.5. The molecule has 0 bridgehead atoms. The number of H-pyrrole nitrogens is 1. The van der Waals surface area contributed by atoms with Crippen molar-refractivity contribution in [3.63, 3.8) is 0 Å². The van der Waals surface area contributed by atoms with Gasteiger partial charge in [-0.15, -0.1) is 0 Å². The van der Waals surface area contributed by atoms with Crippen molar-refractivity contribution in [2.24, 2.45) is 0 Å². The summed E-state index contributed by atoms with van der Waals surface area (Å²) in [5.74, 6) is -2.03. The third-order valence-electron chi connectivity index (χ3n) is 4.24. The van der Waals surface area contributed by atoms with Crippen molar-refractivity contribution in [2.75, 3.05) is 5.32 Å². The average Bonchev–Trinajstić information content (AvgIpc) is 3.17. The minimum absolute atomic E-state index is 0.0734. The lowest BCUT2D eigenvalue weighted by atomic mass is 10.0. The minimum Gasteiger partial charge on any atom is -0.346 e. The summed E-state index contributed by atoms with van der Waals surface area (Å²) in [5.41, 5.74) is 3.48. The molecule has 0 radical (unpaired) electrons. The number of aromatic nitrogens is 2. The molecule has 0 aliphatic carbocycles. The number of nitrogens with one attached hydrogen (secondary N) is 2. The van der Waals surface area contributed by atoms with Gasteiger partial charge in [-0.05, 0) is 47.5 Å². The summed E-state index contributed by atoms with van der Waals surface area (Å²) in [7, 11) is 0. The summed E-state index contributed by atoms with van der Waals surface area (Å²) in [4.78, 5) is 19.5. The van der Waals surface area contributed by atoms with E-state index in [1.165, 1.54) is 12.1 Å². The number of carbonyl (C=O) groups excluding carboxylic acids is 1. The van der Waals surface area contributed by atoms with Crippen LogP contribution >= 0.6 is 0 Å². The summed E-state index contributed by atoms with van der Waals surface area (Å²) in [5, 5.41) is 3.40. The molecular formula is C22H15F2N3O. The van der Waals surface area contributed by atoms with Crippen LogP contribution in [-0.2, 0) is 4.79 Å². The Bertz CT molecular complexity index is 1200. The van der Waals surface area contributed by atoms with Crippen LogP contribution in [0.1, 0.15) is 5.56 Å². The number of rotatable bonds is 4. The van der Waals surface area contributed by atoms with Crippen LogP contribution in [0.2, 0.25) is 0 Å². The van der Waals surface area contributed by atoms with E-state index in [1.54, 1.807) is 12.3 Å². The van der Waals surface area contributed by atoms with Crippen LogP contribution < -0.4 is 5.32 Å². The zero-order valence-corrected chi connectivity index (χ0v) is 14.6. The molecule has 0 spiro atoms. The normalized spacial score (nSPS) is 11.2. The van der Waals surface area contributed by atoms with Gasteiger partial charge in [0.2, 0.25) is 5.91 Å². The van der Waals surface area contributed by atoms with Crippen molar-refractivity contribution >= 4 is 28.7 Å². The number of hydrogen-bond donors (Lipinski definition) is 2. The number of carbonyl (C=O) groups is 1. The fourth-order valence-corrected chi connectivity index (χ4v) is 2.86. The predicted octanol–water partition coefficient (Wildman–Crippen LogP) is 5.16. The van der Waals surface area contributed by atoms with Gasteiger partial charge in [0.15, 0.2) is 0 Å². The average molecular weight is 375 g/mol. The molecule has 4 aromatic rings. The quantitative estimate of drug-likeness (QED) is 0.484. The second-order valence-corrected chi connectivity index (χ2v) is 6.21. The Morgan fingerprint density at radius 3 is 2.79 bits per heavy atom. The number of halogens is 2. The van der Waals surface area contributed by atoms with E-state index in [9.17, 15) is 13.6 Å². The molecule has 4 rings (SSSR count). The smallest absolute Gasteiger partial charge is 0.248 e. The van der Waals surface area contributed by atoms with Crippen LogP contribution in [0.3, 0.4) is 0 Å². The first-order chi connectivity index (χ1) is 13.6. The fourth-order valence-electron chi connectivity index (χ4n) is 2.86. The highest BCUT2D eigenvalue weighted by atomic mass is 19.1. The first kappa shape index (κ1) is 17.6. The number of benzene rings is 2. The van der Waals surface area contributed by atoms with E-state index >= 15 is 0 Å². The van der Waals surface area contributed by atoms with Gasteiger partial charge in [0.25, 0.3) is 0 Å². The van der Waals surface area contributed by atoms with Crippen molar-refractivity contribution in [2.45, 2.75) is 0 Å². The number of hydrogen-bond acceptors (Lipinski definition) is 2. The maximum absolute atomic E-state index is 13.6. The van der Waals surface area contributed by atoms with Crippen molar-refractivity contribution in [3.05, 3.63) is 90.3 Å². The van der Waals surface area contributed by atoms with Gasteiger partial charge in [-0.2, -0.15) is 0 Å². The Labute approximate surface area is 159 Å². The van der Waals surface area contributed by atoms with E-state index in [0.29, 0.717) is 0 Å². The van der Waals surface area contributed by atoms with Gasteiger partial charge in [-0.1, -0.05) is 18.2 Å². The molecule has 2 aromatic carbocycles. The summed E-state index contributed by atoms with van der Waals surface area (Å²) in [6.45, 7) is 0. The summed E-state index contributed by atoms with van der Waals surface area (Å²) < 4.78 is 26.5. The minimum atomic E-state index is -0.823. The van der Waals surface area contributed by atoms with Gasteiger partial charge in [-0.3, -0.25) is 4.79 Å². The molecule has 4 nitrogen and oxygen atoms in total. The zero-order valence-electron chi connectivity index (χ0n) is 14.6. The Kier molecular flexibility index (Phi) is 4.68. The van der Waals surface area contributed by atoms with Gasteiger partial charge in [-0.25, -0.2) is 13.8 Å². The van der Waals surface area contributed by atoms with Crippen LogP contribution in [0.25, 0.3) is 28.2 Å². The molecule has 28 heavy (non-hydrogen) atoms. The van der Waals surface area contributed by atoms with Crippen LogP contribution in [0.4, 0.5) is 14.5 Å².